The fourth-order valence-corrected chi connectivity index (χ4v) is 7.06. The molecule has 0 saturated carbocycles. The van der Waals surface area contributed by atoms with E-state index in [0.717, 1.165) is 10.6 Å². The van der Waals surface area contributed by atoms with E-state index < -0.39 is 35.9 Å². The molecule has 0 bridgehead atoms. The van der Waals surface area contributed by atoms with E-state index in [4.69, 9.17) is 5.14 Å². The van der Waals surface area contributed by atoms with E-state index in [1.807, 2.05) is 0 Å². The second-order valence-corrected chi connectivity index (χ2v) is 11.7. The summed E-state index contributed by atoms with van der Waals surface area (Å²) in [6.45, 7) is 1.66. The van der Waals surface area contributed by atoms with Gasteiger partial charge in [0.2, 0.25) is 10.0 Å². The van der Waals surface area contributed by atoms with Crippen LogP contribution in [-0.4, -0.2) is 37.6 Å². The number of nitrogens with two attached hydrogens (primary N) is 1. The first-order valence-corrected chi connectivity index (χ1v) is 12.7. The smallest absolute Gasteiger partial charge is 0.263 e. The van der Waals surface area contributed by atoms with Crippen molar-refractivity contribution < 1.29 is 25.3 Å². The molecule has 8 nitrogen and oxygen atoms in total. The number of sulfonamides is 2. The minimum Gasteiger partial charge on any atom is -0.263 e. The highest BCUT2D eigenvalue weighted by Gasteiger charge is 2.38. The summed E-state index contributed by atoms with van der Waals surface area (Å²) in [6, 6.07) is 8.83. The third-order valence-electron chi connectivity index (χ3n) is 4.32. The molecule has 2 N–H and O–H groups in total. The molecular weight excluding hydrogens is 412 g/mol. The first kappa shape index (κ1) is 19.8. The molecule has 0 saturated heterocycles. The molecular formula is C16H18N2O6S3. The molecule has 0 fully saturated rings. The molecule has 1 aliphatic rings. The van der Waals surface area contributed by atoms with E-state index in [9.17, 15) is 25.3 Å². The summed E-state index contributed by atoms with van der Waals surface area (Å²) < 4.78 is 74.8. The highest BCUT2D eigenvalue weighted by Crippen LogP contribution is 2.38. The van der Waals surface area contributed by atoms with Crippen molar-refractivity contribution in [3.8, 4) is 0 Å². The first-order chi connectivity index (χ1) is 12.3. The molecule has 0 spiro atoms. The number of nitrogens with zero attached hydrogens (tertiary/aromatic N) is 1. The molecule has 11 heteroatoms. The van der Waals surface area contributed by atoms with Gasteiger partial charge in [-0.15, -0.1) is 0 Å². The predicted molar refractivity (Wildman–Crippen MR) is 100 cm³/mol. The predicted octanol–water partition coefficient (Wildman–Crippen LogP) is 0.877. The maximum atomic E-state index is 13.3. The number of anilines is 1. The molecule has 0 amide bonds. The van der Waals surface area contributed by atoms with Gasteiger partial charge in [-0.1, -0.05) is 12.1 Å². The van der Waals surface area contributed by atoms with Gasteiger partial charge in [-0.3, -0.25) is 4.31 Å². The SMILES string of the molecule is CC1Cc2cc(S(N)(=O)=O)ccc2N1S(=O)(=O)c1ccccc1S(C)(=O)=O. The number of hydrogen-bond donors (Lipinski definition) is 1. The molecule has 1 atom stereocenters. The minimum absolute atomic E-state index is 0.107. The Bertz CT molecular complexity index is 1230. The average Bonchev–Trinajstić information content (AvgIpc) is 2.88. The zero-order valence-corrected chi connectivity index (χ0v) is 17.0. The zero-order valence-electron chi connectivity index (χ0n) is 14.5. The molecule has 27 heavy (non-hydrogen) atoms. The summed E-state index contributed by atoms with van der Waals surface area (Å²) in [5.74, 6) is 0. The van der Waals surface area contributed by atoms with Crippen molar-refractivity contribution in [2.45, 2.75) is 34.1 Å². The molecule has 146 valence electrons. The number of rotatable bonds is 4. The van der Waals surface area contributed by atoms with Gasteiger partial charge in [0.1, 0.15) is 4.90 Å². The van der Waals surface area contributed by atoms with Crippen LogP contribution in [0.25, 0.3) is 0 Å². The van der Waals surface area contributed by atoms with Crippen LogP contribution in [0.2, 0.25) is 0 Å². The Morgan fingerprint density at radius 3 is 2.11 bits per heavy atom. The molecule has 0 aliphatic carbocycles. The van der Waals surface area contributed by atoms with Crippen molar-refractivity contribution in [3.05, 3.63) is 48.0 Å². The zero-order chi connectivity index (χ0) is 20.2. The maximum absolute atomic E-state index is 13.3. The Balaban J connectivity index is 2.20. The highest BCUT2D eigenvalue weighted by atomic mass is 32.2. The lowest BCUT2D eigenvalue weighted by atomic mass is 10.1. The third-order valence-corrected chi connectivity index (χ3v) is 8.50. The summed E-state index contributed by atoms with van der Waals surface area (Å²) in [6.07, 6.45) is 1.22. The van der Waals surface area contributed by atoms with Gasteiger partial charge in [-0.25, -0.2) is 30.4 Å². The lowest BCUT2D eigenvalue weighted by Crippen LogP contribution is -2.36. The Morgan fingerprint density at radius 2 is 1.56 bits per heavy atom. The normalized spacial score (nSPS) is 17.7. The van der Waals surface area contributed by atoms with E-state index in [2.05, 4.69) is 0 Å². The van der Waals surface area contributed by atoms with Crippen molar-refractivity contribution in [2.75, 3.05) is 10.6 Å². The summed E-state index contributed by atoms with van der Waals surface area (Å²) in [5.41, 5.74) is 0.813. The third kappa shape index (κ3) is 3.47. The summed E-state index contributed by atoms with van der Waals surface area (Å²) in [7, 11) is -11.9. The first-order valence-electron chi connectivity index (χ1n) is 7.83. The molecule has 0 radical (unpaired) electrons. The van der Waals surface area contributed by atoms with Crippen LogP contribution in [0.5, 0.6) is 0 Å². The molecule has 1 aliphatic heterocycles. The van der Waals surface area contributed by atoms with Crippen LogP contribution in [0.4, 0.5) is 5.69 Å². The molecule has 3 rings (SSSR count). The van der Waals surface area contributed by atoms with Crippen LogP contribution in [-0.2, 0) is 36.3 Å². The standard InChI is InChI=1S/C16H18N2O6S3/c1-11-9-12-10-13(26(17,21)22)7-8-14(12)18(11)27(23,24)16-6-4-3-5-15(16)25(2,19)20/h3-8,10-11H,9H2,1-2H3,(H2,17,21,22). The Kier molecular flexibility index (Phi) is 4.62. The Hall–Kier alpha value is -1.95. The fraction of sp³-hybridized carbons (Fsp3) is 0.250. The van der Waals surface area contributed by atoms with Crippen molar-refractivity contribution in [1.29, 1.82) is 0 Å². The van der Waals surface area contributed by atoms with Crippen molar-refractivity contribution in [2.24, 2.45) is 5.14 Å². The van der Waals surface area contributed by atoms with E-state index in [-0.39, 0.29) is 21.1 Å². The highest BCUT2D eigenvalue weighted by molar-refractivity contribution is 7.95. The van der Waals surface area contributed by atoms with Crippen LogP contribution in [0.1, 0.15) is 12.5 Å². The number of benzene rings is 2. The largest absolute Gasteiger partial charge is 0.265 e. The summed E-state index contributed by atoms with van der Waals surface area (Å²) in [5, 5.41) is 5.14. The summed E-state index contributed by atoms with van der Waals surface area (Å²) >= 11 is 0. The van der Waals surface area contributed by atoms with Crippen LogP contribution >= 0.6 is 0 Å². The molecule has 2 aromatic rings. The van der Waals surface area contributed by atoms with Gasteiger partial charge >= 0.3 is 0 Å². The topological polar surface area (TPSA) is 132 Å². The van der Waals surface area contributed by atoms with E-state index in [0.29, 0.717) is 11.3 Å². The van der Waals surface area contributed by atoms with Gasteiger partial charge in [0.05, 0.1) is 15.5 Å². The van der Waals surface area contributed by atoms with Gasteiger partial charge in [-0.05, 0) is 49.2 Å². The average molecular weight is 431 g/mol. The van der Waals surface area contributed by atoms with Gasteiger partial charge in [-0.2, -0.15) is 0 Å². The number of fused-ring (bicyclic) bond motifs is 1. The van der Waals surface area contributed by atoms with E-state index in [1.54, 1.807) is 6.92 Å². The molecule has 0 aromatic heterocycles. The molecule has 1 heterocycles. The number of sulfone groups is 1. The number of primary sulfonamides is 1. The monoisotopic (exact) mass is 430 g/mol. The lowest BCUT2D eigenvalue weighted by molar-refractivity contribution is 0.576. The van der Waals surface area contributed by atoms with Crippen LogP contribution in [0.15, 0.2) is 57.2 Å². The Morgan fingerprint density at radius 1 is 0.963 bits per heavy atom. The number of hydrogen-bond acceptors (Lipinski definition) is 6. The molecule has 2 aromatic carbocycles. The van der Waals surface area contributed by atoms with E-state index in [1.165, 1.54) is 42.5 Å². The van der Waals surface area contributed by atoms with E-state index >= 15 is 0 Å². The lowest BCUT2D eigenvalue weighted by Gasteiger charge is -2.25. The van der Waals surface area contributed by atoms with Crippen LogP contribution in [0, 0.1) is 0 Å². The van der Waals surface area contributed by atoms with Gasteiger partial charge in [0.15, 0.2) is 9.84 Å². The van der Waals surface area contributed by atoms with Crippen molar-refractivity contribution in [3.63, 3.8) is 0 Å². The van der Waals surface area contributed by atoms with Crippen LogP contribution < -0.4 is 9.44 Å². The van der Waals surface area contributed by atoms with Crippen molar-refractivity contribution >= 4 is 35.6 Å². The van der Waals surface area contributed by atoms with Gasteiger partial charge in [0.25, 0.3) is 10.0 Å². The van der Waals surface area contributed by atoms with Gasteiger partial charge < -0.3 is 0 Å². The van der Waals surface area contributed by atoms with Crippen molar-refractivity contribution in [1.82, 2.24) is 0 Å². The maximum Gasteiger partial charge on any atom is 0.265 e. The summed E-state index contributed by atoms with van der Waals surface area (Å²) in [4.78, 5) is -0.709. The quantitative estimate of drug-likeness (QED) is 0.766. The molecule has 1 unspecified atom stereocenters. The van der Waals surface area contributed by atoms with Gasteiger partial charge in [0, 0.05) is 12.3 Å². The second-order valence-electron chi connectivity index (χ2n) is 6.41. The Labute approximate surface area is 158 Å². The fourth-order valence-electron chi connectivity index (χ4n) is 3.20. The minimum atomic E-state index is -4.19. The second kappa shape index (κ2) is 6.30. The van der Waals surface area contributed by atoms with Crippen LogP contribution in [0.3, 0.4) is 0 Å².